The predicted molar refractivity (Wildman–Crippen MR) is 137 cm³/mol. The van der Waals surface area contributed by atoms with Crippen molar-refractivity contribution in [2.24, 2.45) is 0 Å². The van der Waals surface area contributed by atoms with Gasteiger partial charge in [-0.3, -0.25) is 14.2 Å². The van der Waals surface area contributed by atoms with Crippen LogP contribution in [-0.2, 0) is 11.4 Å². The molecule has 1 heterocycles. The average molecular weight is 487 g/mol. The summed E-state index contributed by atoms with van der Waals surface area (Å²) in [6, 6.07) is 24.5. The number of hydrogen-bond acceptors (Lipinski definition) is 6. The highest BCUT2D eigenvalue weighted by molar-refractivity contribution is 8.00. The van der Waals surface area contributed by atoms with Gasteiger partial charge in [-0.15, -0.1) is 10.2 Å². The number of nitrogens with one attached hydrogen (secondary N) is 1. The number of anilines is 1. The van der Waals surface area contributed by atoms with Crippen molar-refractivity contribution >= 4 is 29.1 Å². The van der Waals surface area contributed by atoms with Gasteiger partial charge < -0.3 is 10.1 Å². The molecule has 0 aliphatic rings. The highest BCUT2D eigenvalue weighted by atomic mass is 32.2. The zero-order valence-corrected chi connectivity index (χ0v) is 20.6. The van der Waals surface area contributed by atoms with Gasteiger partial charge in [0.15, 0.2) is 16.8 Å². The van der Waals surface area contributed by atoms with Gasteiger partial charge in [0.05, 0.1) is 5.25 Å². The number of hydrogen-bond donors (Lipinski definition) is 1. The van der Waals surface area contributed by atoms with E-state index in [4.69, 9.17) is 4.74 Å². The Balaban J connectivity index is 1.55. The van der Waals surface area contributed by atoms with Crippen molar-refractivity contribution < 1.29 is 14.3 Å². The summed E-state index contributed by atoms with van der Waals surface area (Å²) in [7, 11) is 0. The van der Waals surface area contributed by atoms with E-state index in [-0.39, 0.29) is 18.3 Å². The molecule has 1 amide bonds. The van der Waals surface area contributed by atoms with Crippen molar-refractivity contribution in [1.82, 2.24) is 14.8 Å². The lowest BCUT2D eigenvalue weighted by Crippen LogP contribution is -2.15. The molecule has 0 radical (unpaired) electrons. The zero-order chi connectivity index (χ0) is 24.8. The van der Waals surface area contributed by atoms with Crippen molar-refractivity contribution in [2.75, 3.05) is 5.32 Å². The van der Waals surface area contributed by atoms with Crippen LogP contribution in [0.3, 0.4) is 0 Å². The maximum absolute atomic E-state index is 13.1. The number of amides is 1. The lowest BCUT2D eigenvalue weighted by Gasteiger charge is -2.14. The van der Waals surface area contributed by atoms with Gasteiger partial charge in [0.2, 0.25) is 5.91 Å². The van der Waals surface area contributed by atoms with Gasteiger partial charge in [-0.1, -0.05) is 48.2 Å². The molecule has 1 aromatic heterocycles. The lowest BCUT2D eigenvalue weighted by atomic mass is 10.1. The van der Waals surface area contributed by atoms with Crippen LogP contribution in [0.2, 0.25) is 0 Å². The smallest absolute Gasteiger partial charge is 0.221 e. The highest BCUT2D eigenvalue weighted by Crippen LogP contribution is 2.28. The number of carbonyl (C=O) groups is 2. The Kier molecular flexibility index (Phi) is 7.62. The fourth-order valence-corrected chi connectivity index (χ4v) is 4.50. The van der Waals surface area contributed by atoms with Crippen molar-refractivity contribution in [3.8, 4) is 11.4 Å². The molecular weight excluding hydrogens is 460 g/mol. The number of ether oxygens (including phenoxy) is 1. The molecular formula is C27H26N4O3S. The van der Waals surface area contributed by atoms with Crippen LogP contribution in [0.25, 0.3) is 5.69 Å². The average Bonchev–Trinajstić information content (AvgIpc) is 3.26. The normalized spacial score (nSPS) is 11.6. The van der Waals surface area contributed by atoms with Gasteiger partial charge in [-0.25, -0.2) is 0 Å². The monoisotopic (exact) mass is 486 g/mol. The van der Waals surface area contributed by atoms with E-state index in [2.05, 4.69) is 15.5 Å². The van der Waals surface area contributed by atoms with Crippen LogP contribution in [0.5, 0.6) is 5.75 Å². The van der Waals surface area contributed by atoms with E-state index in [0.29, 0.717) is 22.2 Å². The molecule has 0 fully saturated rings. The molecule has 0 saturated carbocycles. The molecule has 0 bridgehead atoms. The summed E-state index contributed by atoms with van der Waals surface area (Å²) in [6.45, 7) is 5.53. The standard InChI is InChI=1S/C27H26N4O3S/c1-18-9-7-8-12-24(18)34-17-25-29-30-27(31(25)23-10-5-4-6-11-23)35-19(2)26(33)21-13-15-22(16-14-21)28-20(3)32/h4-16,19H,17H2,1-3H3,(H,28,32). The number of benzene rings is 3. The van der Waals surface area contributed by atoms with E-state index in [0.717, 1.165) is 17.0 Å². The minimum absolute atomic E-state index is 0.0373. The number of nitrogens with zero attached hydrogens (tertiary/aromatic N) is 3. The molecule has 3 aromatic carbocycles. The molecule has 4 aromatic rings. The van der Waals surface area contributed by atoms with Crippen molar-refractivity contribution in [2.45, 2.75) is 37.8 Å². The van der Waals surface area contributed by atoms with Crippen LogP contribution in [0.4, 0.5) is 5.69 Å². The maximum atomic E-state index is 13.1. The van der Waals surface area contributed by atoms with Crippen LogP contribution >= 0.6 is 11.8 Å². The summed E-state index contributed by atoms with van der Waals surface area (Å²) in [6.07, 6.45) is 0. The summed E-state index contributed by atoms with van der Waals surface area (Å²) in [4.78, 5) is 24.3. The summed E-state index contributed by atoms with van der Waals surface area (Å²) in [5.74, 6) is 1.23. The fourth-order valence-electron chi connectivity index (χ4n) is 3.53. The Labute approximate surface area is 208 Å². The van der Waals surface area contributed by atoms with E-state index in [1.54, 1.807) is 24.3 Å². The first-order chi connectivity index (χ1) is 16.9. The Morgan fingerprint density at radius 1 is 0.971 bits per heavy atom. The summed E-state index contributed by atoms with van der Waals surface area (Å²) < 4.78 is 7.95. The first-order valence-electron chi connectivity index (χ1n) is 11.2. The van der Waals surface area contributed by atoms with Crippen LogP contribution < -0.4 is 10.1 Å². The second-order valence-electron chi connectivity index (χ2n) is 8.01. The third kappa shape index (κ3) is 5.96. The zero-order valence-electron chi connectivity index (χ0n) is 19.8. The van der Waals surface area contributed by atoms with Gasteiger partial charge in [0.25, 0.3) is 0 Å². The number of rotatable bonds is 9. The molecule has 0 spiro atoms. The molecule has 178 valence electrons. The second-order valence-corrected chi connectivity index (χ2v) is 9.31. The third-order valence-electron chi connectivity index (χ3n) is 5.31. The molecule has 1 N–H and O–H groups in total. The molecule has 35 heavy (non-hydrogen) atoms. The third-order valence-corrected chi connectivity index (χ3v) is 6.35. The van der Waals surface area contributed by atoms with Crippen LogP contribution in [-0.4, -0.2) is 31.7 Å². The van der Waals surface area contributed by atoms with Crippen molar-refractivity contribution in [1.29, 1.82) is 0 Å². The van der Waals surface area contributed by atoms with Crippen LogP contribution in [0, 0.1) is 6.92 Å². The first kappa shape index (κ1) is 24.2. The van der Waals surface area contributed by atoms with E-state index in [1.807, 2.05) is 73.0 Å². The summed E-state index contributed by atoms with van der Waals surface area (Å²) in [5.41, 5.74) is 3.14. The van der Waals surface area contributed by atoms with Crippen molar-refractivity contribution in [3.05, 3.63) is 95.8 Å². The molecule has 1 unspecified atom stereocenters. The molecule has 7 nitrogen and oxygen atoms in total. The van der Waals surface area contributed by atoms with Gasteiger partial charge in [0, 0.05) is 23.9 Å². The van der Waals surface area contributed by atoms with Crippen LogP contribution in [0.15, 0.2) is 84.0 Å². The van der Waals surface area contributed by atoms with Gasteiger partial charge in [-0.2, -0.15) is 0 Å². The number of ketones is 1. The fraction of sp³-hybridized carbons (Fsp3) is 0.185. The number of aryl methyl sites for hydroxylation is 1. The minimum Gasteiger partial charge on any atom is -0.485 e. The Morgan fingerprint density at radius 3 is 2.34 bits per heavy atom. The Bertz CT molecular complexity index is 1320. The van der Waals surface area contributed by atoms with E-state index in [9.17, 15) is 9.59 Å². The Morgan fingerprint density at radius 2 is 1.66 bits per heavy atom. The summed E-state index contributed by atoms with van der Waals surface area (Å²) in [5, 5.41) is 11.7. The van der Waals surface area contributed by atoms with Gasteiger partial charge >= 0.3 is 0 Å². The molecule has 0 saturated heterocycles. The van der Waals surface area contributed by atoms with Gasteiger partial charge in [-0.05, 0) is 61.9 Å². The van der Waals surface area contributed by atoms with E-state index < -0.39 is 5.25 Å². The largest absolute Gasteiger partial charge is 0.485 e. The molecule has 8 heteroatoms. The predicted octanol–water partition coefficient (Wildman–Crippen LogP) is 5.48. The molecule has 0 aliphatic heterocycles. The van der Waals surface area contributed by atoms with Crippen molar-refractivity contribution in [3.63, 3.8) is 0 Å². The molecule has 0 aliphatic carbocycles. The number of Topliss-reactive ketones (excluding diaryl/α,β-unsaturated/α-hetero) is 1. The molecule has 1 atom stereocenters. The van der Waals surface area contributed by atoms with Gasteiger partial charge in [0.1, 0.15) is 12.4 Å². The van der Waals surface area contributed by atoms with E-state index >= 15 is 0 Å². The quantitative estimate of drug-likeness (QED) is 0.249. The lowest BCUT2D eigenvalue weighted by molar-refractivity contribution is -0.114. The maximum Gasteiger partial charge on any atom is 0.221 e. The topological polar surface area (TPSA) is 86.1 Å². The van der Waals surface area contributed by atoms with Crippen LogP contribution in [0.1, 0.15) is 35.6 Å². The first-order valence-corrected chi connectivity index (χ1v) is 12.1. The number of carbonyl (C=O) groups excluding carboxylic acids is 2. The minimum atomic E-state index is -0.404. The van der Waals surface area contributed by atoms with E-state index in [1.165, 1.54) is 18.7 Å². The number of thioether (sulfide) groups is 1. The highest BCUT2D eigenvalue weighted by Gasteiger charge is 2.22. The second kappa shape index (κ2) is 11.0. The number of para-hydroxylation sites is 2. The Hall–Kier alpha value is -3.91. The molecule has 4 rings (SSSR count). The number of aromatic nitrogens is 3. The SMILES string of the molecule is CC(=O)Nc1ccc(C(=O)C(C)Sc2nnc(COc3ccccc3C)n2-c2ccccc2)cc1. The summed E-state index contributed by atoms with van der Waals surface area (Å²) >= 11 is 1.34.